The Morgan fingerprint density at radius 1 is 1.15 bits per heavy atom. The summed E-state index contributed by atoms with van der Waals surface area (Å²) in [5.41, 5.74) is 0. The lowest BCUT2D eigenvalue weighted by molar-refractivity contribution is -0.123. The molecule has 27 heavy (non-hydrogen) atoms. The Hall–Kier alpha value is -1.05. The standard InChI is InChI=1S/C18H20Cl3N3O2S/c1-10(2)22-14(25)9-23-3-5-24(6-4-23)18(26)17-16(21)15-12(20)7-11(19)8-13(15)27-17/h7-8,10H,3-6,9H2,1-2H3,(H,22,25). The third kappa shape index (κ3) is 4.69. The summed E-state index contributed by atoms with van der Waals surface area (Å²) in [5, 5.41) is 4.88. The first-order valence-electron chi connectivity index (χ1n) is 8.64. The summed E-state index contributed by atoms with van der Waals surface area (Å²) >= 11 is 20.0. The molecule has 1 N–H and O–H groups in total. The Morgan fingerprint density at radius 3 is 2.44 bits per heavy atom. The van der Waals surface area contributed by atoms with Gasteiger partial charge in [0.25, 0.3) is 5.91 Å². The Balaban J connectivity index is 1.68. The monoisotopic (exact) mass is 447 g/mol. The van der Waals surface area contributed by atoms with Crippen LogP contribution in [0.15, 0.2) is 12.1 Å². The maximum Gasteiger partial charge on any atom is 0.265 e. The number of rotatable bonds is 4. The molecule has 1 fully saturated rings. The molecule has 2 heterocycles. The van der Waals surface area contributed by atoms with Gasteiger partial charge in [0.15, 0.2) is 0 Å². The summed E-state index contributed by atoms with van der Waals surface area (Å²) in [6, 6.07) is 3.51. The third-order valence-corrected chi connectivity index (χ3v) is 6.45. The molecule has 0 bridgehead atoms. The van der Waals surface area contributed by atoms with Gasteiger partial charge >= 0.3 is 0 Å². The third-order valence-electron chi connectivity index (χ3n) is 4.32. The minimum absolute atomic E-state index is 0.00356. The highest BCUT2D eigenvalue weighted by atomic mass is 35.5. The SMILES string of the molecule is CC(C)NC(=O)CN1CCN(C(=O)c2sc3cc(Cl)cc(Cl)c3c2Cl)CC1. The first-order valence-corrected chi connectivity index (χ1v) is 10.6. The number of hydrogen-bond donors (Lipinski definition) is 1. The molecule has 2 amide bonds. The molecular weight excluding hydrogens is 429 g/mol. The summed E-state index contributed by atoms with van der Waals surface area (Å²) in [5.74, 6) is -0.108. The summed E-state index contributed by atoms with van der Waals surface area (Å²) in [7, 11) is 0. The second-order valence-electron chi connectivity index (χ2n) is 6.80. The smallest absolute Gasteiger partial charge is 0.265 e. The van der Waals surface area contributed by atoms with Crippen molar-refractivity contribution in [3.8, 4) is 0 Å². The van der Waals surface area contributed by atoms with Crippen LogP contribution in [0, 0.1) is 0 Å². The van der Waals surface area contributed by atoms with E-state index in [4.69, 9.17) is 34.8 Å². The molecule has 1 aliphatic heterocycles. The molecule has 0 saturated carbocycles. The Morgan fingerprint density at radius 2 is 1.81 bits per heavy atom. The first kappa shape index (κ1) is 20.7. The van der Waals surface area contributed by atoms with Crippen molar-refractivity contribution >= 4 is 68.0 Å². The van der Waals surface area contributed by atoms with Crippen molar-refractivity contribution in [2.75, 3.05) is 32.7 Å². The van der Waals surface area contributed by atoms with Crippen LogP contribution < -0.4 is 5.32 Å². The van der Waals surface area contributed by atoms with Crippen LogP contribution in [-0.4, -0.2) is 60.4 Å². The van der Waals surface area contributed by atoms with Crippen LogP contribution in [0.3, 0.4) is 0 Å². The van der Waals surface area contributed by atoms with E-state index in [1.807, 2.05) is 18.7 Å². The molecule has 9 heteroatoms. The van der Waals surface area contributed by atoms with Gasteiger partial charge in [-0.3, -0.25) is 14.5 Å². The number of halogens is 3. The Bertz CT molecular complexity index is 876. The first-order chi connectivity index (χ1) is 12.8. The predicted octanol–water partition coefficient (Wildman–Crippen LogP) is 4.14. The van der Waals surface area contributed by atoms with E-state index in [0.29, 0.717) is 58.1 Å². The molecule has 3 rings (SSSR count). The number of thiophene rings is 1. The molecular formula is C18H20Cl3N3O2S. The molecule has 0 unspecified atom stereocenters. The highest BCUT2D eigenvalue weighted by molar-refractivity contribution is 7.21. The number of benzene rings is 1. The zero-order valence-electron chi connectivity index (χ0n) is 15.0. The number of amides is 2. The predicted molar refractivity (Wildman–Crippen MR) is 112 cm³/mol. The minimum atomic E-state index is -0.111. The number of hydrogen-bond acceptors (Lipinski definition) is 4. The van der Waals surface area contributed by atoms with Crippen LogP contribution in [0.4, 0.5) is 0 Å². The zero-order chi connectivity index (χ0) is 19.7. The largest absolute Gasteiger partial charge is 0.353 e. The molecule has 1 aromatic carbocycles. The van der Waals surface area contributed by atoms with Gasteiger partial charge < -0.3 is 10.2 Å². The van der Waals surface area contributed by atoms with E-state index in [-0.39, 0.29) is 17.9 Å². The topological polar surface area (TPSA) is 52.7 Å². The van der Waals surface area contributed by atoms with Crippen LogP contribution in [0.1, 0.15) is 23.5 Å². The molecule has 1 aromatic heterocycles. The molecule has 2 aromatic rings. The summed E-state index contributed by atoms with van der Waals surface area (Å²) in [6.45, 7) is 6.60. The van der Waals surface area contributed by atoms with Crippen LogP contribution in [0.25, 0.3) is 10.1 Å². The van der Waals surface area contributed by atoms with Gasteiger partial charge in [0.1, 0.15) is 4.88 Å². The van der Waals surface area contributed by atoms with Gasteiger partial charge in [0, 0.05) is 47.3 Å². The van der Waals surface area contributed by atoms with E-state index in [0.717, 1.165) is 4.70 Å². The summed E-state index contributed by atoms with van der Waals surface area (Å²) < 4.78 is 0.796. The maximum absolute atomic E-state index is 12.9. The van der Waals surface area contributed by atoms with E-state index in [1.165, 1.54) is 11.3 Å². The van der Waals surface area contributed by atoms with Gasteiger partial charge in [0.05, 0.1) is 16.6 Å². The fourth-order valence-electron chi connectivity index (χ4n) is 3.07. The highest BCUT2D eigenvalue weighted by Crippen LogP contribution is 2.41. The van der Waals surface area contributed by atoms with Crippen LogP contribution >= 0.6 is 46.1 Å². The molecule has 5 nitrogen and oxygen atoms in total. The van der Waals surface area contributed by atoms with Crippen molar-refractivity contribution in [1.29, 1.82) is 0 Å². The van der Waals surface area contributed by atoms with Gasteiger partial charge in [-0.15, -0.1) is 11.3 Å². The number of fused-ring (bicyclic) bond motifs is 1. The summed E-state index contributed by atoms with van der Waals surface area (Å²) in [6.07, 6.45) is 0. The number of carbonyl (C=O) groups is 2. The Kier molecular flexibility index (Phi) is 6.54. The number of carbonyl (C=O) groups excluding carboxylic acids is 2. The van der Waals surface area contributed by atoms with Crippen LogP contribution in [-0.2, 0) is 4.79 Å². The quantitative estimate of drug-likeness (QED) is 0.764. The molecule has 146 valence electrons. The Labute approximate surface area is 177 Å². The number of nitrogens with zero attached hydrogens (tertiary/aromatic N) is 2. The second-order valence-corrected chi connectivity index (χ2v) is 9.07. The average molecular weight is 449 g/mol. The molecule has 1 saturated heterocycles. The van der Waals surface area contributed by atoms with Gasteiger partial charge in [-0.1, -0.05) is 34.8 Å². The van der Waals surface area contributed by atoms with Crippen molar-refractivity contribution in [3.63, 3.8) is 0 Å². The zero-order valence-corrected chi connectivity index (χ0v) is 18.1. The van der Waals surface area contributed by atoms with Gasteiger partial charge in [0.2, 0.25) is 5.91 Å². The van der Waals surface area contributed by atoms with Crippen LogP contribution in [0.5, 0.6) is 0 Å². The molecule has 0 spiro atoms. The van der Waals surface area contributed by atoms with Crippen molar-refractivity contribution in [2.24, 2.45) is 0 Å². The maximum atomic E-state index is 12.9. The van der Waals surface area contributed by atoms with E-state index < -0.39 is 0 Å². The van der Waals surface area contributed by atoms with Gasteiger partial charge in [-0.2, -0.15) is 0 Å². The molecule has 0 radical (unpaired) electrons. The van der Waals surface area contributed by atoms with Crippen molar-refractivity contribution in [2.45, 2.75) is 19.9 Å². The highest BCUT2D eigenvalue weighted by Gasteiger charge is 2.27. The lowest BCUT2D eigenvalue weighted by Crippen LogP contribution is -2.51. The number of nitrogens with one attached hydrogen (secondary N) is 1. The van der Waals surface area contributed by atoms with E-state index in [2.05, 4.69) is 5.32 Å². The molecule has 0 aliphatic carbocycles. The molecule has 0 atom stereocenters. The van der Waals surface area contributed by atoms with Gasteiger partial charge in [-0.25, -0.2) is 0 Å². The van der Waals surface area contributed by atoms with Crippen molar-refractivity contribution in [1.82, 2.24) is 15.1 Å². The fourth-order valence-corrected chi connectivity index (χ4v) is 5.41. The van der Waals surface area contributed by atoms with Crippen LogP contribution in [0.2, 0.25) is 15.1 Å². The van der Waals surface area contributed by atoms with Crippen molar-refractivity contribution < 1.29 is 9.59 Å². The summed E-state index contributed by atoms with van der Waals surface area (Å²) in [4.78, 5) is 29.1. The van der Waals surface area contributed by atoms with E-state index in [1.54, 1.807) is 17.0 Å². The lowest BCUT2D eigenvalue weighted by Gasteiger charge is -2.34. The second kappa shape index (κ2) is 8.53. The lowest BCUT2D eigenvalue weighted by atomic mass is 10.2. The normalized spacial score (nSPS) is 15.6. The average Bonchev–Trinajstić information content (AvgIpc) is 2.90. The fraction of sp³-hybridized carbons (Fsp3) is 0.444. The van der Waals surface area contributed by atoms with E-state index >= 15 is 0 Å². The van der Waals surface area contributed by atoms with Crippen molar-refractivity contribution in [3.05, 3.63) is 32.1 Å². The minimum Gasteiger partial charge on any atom is -0.353 e. The van der Waals surface area contributed by atoms with E-state index in [9.17, 15) is 9.59 Å². The van der Waals surface area contributed by atoms with Gasteiger partial charge in [-0.05, 0) is 26.0 Å². The molecule has 1 aliphatic rings. The number of piperazine rings is 1.